The van der Waals surface area contributed by atoms with Crippen molar-refractivity contribution < 1.29 is 0 Å². The summed E-state index contributed by atoms with van der Waals surface area (Å²) in [6.45, 7) is 0. The lowest BCUT2D eigenvalue weighted by Gasteiger charge is -1.99. The van der Waals surface area contributed by atoms with Crippen molar-refractivity contribution in [2.75, 3.05) is 0 Å². The number of aromatic nitrogens is 1. The molecule has 0 aliphatic carbocycles. The molecule has 0 N–H and O–H groups in total. The summed E-state index contributed by atoms with van der Waals surface area (Å²) in [4.78, 5) is 4.01. The van der Waals surface area contributed by atoms with Gasteiger partial charge in [0.05, 0.1) is 5.88 Å². The van der Waals surface area contributed by atoms with Crippen molar-refractivity contribution >= 4 is 43.5 Å². The largest absolute Gasteiger partial charge is 0.249 e. The number of hydrogen-bond acceptors (Lipinski definition) is 1. The highest BCUT2D eigenvalue weighted by Crippen LogP contribution is 2.23. The van der Waals surface area contributed by atoms with Gasteiger partial charge in [0.25, 0.3) is 0 Å². The summed E-state index contributed by atoms with van der Waals surface area (Å²) >= 11 is 12.3. The molecule has 0 aliphatic rings. The van der Waals surface area contributed by atoms with Crippen LogP contribution in [0.3, 0.4) is 0 Å². The van der Waals surface area contributed by atoms with Gasteiger partial charge in [-0.1, -0.05) is 15.9 Å². The Hall–Kier alpha value is 0.400. The Labute approximate surface area is 81.1 Å². The predicted molar refractivity (Wildman–Crippen MR) is 49.2 cm³/mol. The molecule has 0 spiro atoms. The Balaban J connectivity index is 3.17. The average Bonchev–Trinajstić information content (AvgIpc) is 1.88. The van der Waals surface area contributed by atoms with E-state index in [2.05, 4.69) is 36.8 Å². The number of halogens is 3. The van der Waals surface area contributed by atoms with E-state index in [1.807, 2.05) is 6.07 Å². The summed E-state index contributed by atoms with van der Waals surface area (Å²) in [6.07, 6.45) is 1.71. The van der Waals surface area contributed by atoms with E-state index in [9.17, 15) is 0 Å². The first-order valence-corrected chi connectivity index (χ1v) is 4.72. The van der Waals surface area contributed by atoms with Crippen molar-refractivity contribution in [2.24, 2.45) is 0 Å². The third kappa shape index (κ3) is 1.71. The first kappa shape index (κ1) is 8.50. The van der Waals surface area contributed by atoms with Crippen LogP contribution in [-0.4, -0.2) is 4.98 Å². The SMILES string of the molecule is ClCc1c(Br)ccnc1Br. The molecule has 0 bridgehead atoms. The lowest BCUT2D eigenvalue weighted by atomic mass is 10.3. The van der Waals surface area contributed by atoms with Crippen LogP contribution in [0.4, 0.5) is 0 Å². The maximum absolute atomic E-state index is 5.64. The smallest absolute Gasteiger partial charge is 0.111 e. The van der Waals surface area contributed by atoms with Gasteiger partial charge in [-0.05, 0) is 22.0 Å². The zero-order valence-corrected chi connectivity index (χ0v) is 8.87. The lowest BCUT2D eigenvalue weighted by Crippen LogP contribution is -1.85. The van der Waals surface area contributed by atoms with Crippen molar-refractivity contribution in [2.45, 2.75) is 5.88 Å². The molecule has 0 aliphatic heterocycles. The summed E-state index contributed by atoms with van der Waals surface area (Å²) < 4.78 is 1.79. The second-order valence-electron chi connectivity index (χ2n) is 1.70. The first-order chi connectivity index (χ1) is 4.75. The van der Waals surface area contributed by atoms with Gasteiger partial charge in [-0.25, -0.2) is 4.98 Å². The topological polar surface area (TPSA) is 12.9 Å². The van der Waals surface area contributed by atoms with Crippen LogP contribution in [0.15, 0.2) is 21.3 Å². The van der Waals surface area contributed by atoms with Crippen molar-refractivity contribution in [1.82, 2.24) is 4.98 Å². The minimum atomic E-state index is 0.467. The molecule has 1 heterocycles. The standard InChI is InChI=1S/C6H4Br2ClN/c7-5-1-2-10-6(8)4(5)3-9/h1-2H,3H2. The zero-order chi connectivity index (χ0) is 7.56. The predicted octanol–water partition coefficient (Wildman–Crippen LogP) is 3.35. The monoisotopic (exact) mass is 283 g/mol. The second kappa shape index (κ2) is 3.69. The van der Waals surface area contributed by atoms with Gasteiger partial charge in [-0.15, -0.1) is 11.6 Å². The molecule has 1 rings (SSSR count). The van der Waals surface area contributed by atoms with Gasteiger partial charge < -0.3 is 0 Å². The normalized spacial score (nSPS) is 9.90. The average molecular weight is 285 g/mol. The fourth-order valence-electron chi connectivity index (χ4n) is 0.564. The van der Waals surface area contributed by atoms with E-state index in [1.54, 1.807) is 6.20 Å². The molecule has 0 amide bonds. The lowest BCUT2D eigenvalue weighted by molar-refractivity contribution is 1.18. The molecule has 0 fully saturated rings. The van der Waals surface area contributed by atoms with Crippen LogP contribution in [0.2, 0.25) is 0 Å². The molecule has 0 saturated heterocycles. The highest BCUT2D eigenvalue weighted by molar-refractivity contribution is 9.11. The van der Waals surface area contributed by atoms with Crippen LogP contribution < -0.4 is 0 Å². The molecule has 10 heavy (non-hydrogen) atoms. The minimum Gasteiger partial charge on any atom is -0.249 e. The Kier molecular flexibility index (Phi) is 3.14. The number of hydrogen-bond donors (Lipinski definition) is 0. The maximum atomic E-state index is 5.64. The highest BCUT2D eigenvalue weighted by atomic mass is 79.9. The highest BCUT2D eigenvalue weighted by Gasteiger charge is 2.02. The van der Waals surface area contributed by atoms with Gasteiger partial charge >= 0.3 is 0 Å². The molecule has 1 aromatic heterocycles. The Morgan fingerprint density at radius 1 is 1.50 bits per heavy atom. The minimum absolute atomic E-state index is 0.467. The Morgan fingerprint density at radius 3 is 2.60 bits per heavy atom. The van der Waals surface area contributed by atoms with Gasteiger partial charge in [0.1, 0.15) is 4.60 Å². The van der Waals surface area contributed by atoms with E-state index >= 15 is 0 Å². The number of alkyl halides is 1. The second-order valence-corrected chi connectivity index (χ2v) is 3.57. The Bertz CT molecular complexity index is 219. The summed E-state index contributed by atoms with van der Waals surface area (Å²) in [6, 6.07) is 1.86. The molecule has 1 aromatic rings. The van der Waals surface area contributed by atoms with Crippen LogP contribution in [-0.2, 0) is 5.88 Å². The summed E-state index contributed by atoms with van der Waals surface area (Å²) in [5.41, 5.74) is 0.990. The van der Waals surface area contributed by atoms with Crippen LogP contribution in [0.5, 0.6) is 0 Å². The molecule has 0 atom stereocenters. The quantitative estimate of drug-likeness (QED) is 0.569. The molecule has 0 unspecified atom stereocenters. The molecule has 1 nitrogen and oxygen atoms in total. The fraction of sp³-hybridized carbons (Fsp3) is 0.167. The van der Waals surface area contributed by atoms with E-state index in [4.69, 9.17) is 11.6 Å². The fourth-order valence-corrected chi connectivity index (χ4v) is 2.34. The molecule has 0 saturated carbocycles. The third-order valence-electron chi connectivity index (χ3n) is 1.08. The van der Waals surface area contributed by atoms with Gasteiger partial charge in [-0.2, -0.15) is 0 Å². The summed E-state index contributed by atoms with van der Waals surface area (Å²) in [7, 11) is 0. The van der Waals surface area contributed by atoms with Crippen molar-refractivity contribution in [3.05, 3.63) is 26.9 Å². The van der Waals surface area contributed by atoms with Gasteiger partial charge in [0.2, 0.25) is 0 Å². The van der Waals surface area contributed by atoms with E-state index < -0.39 is 0 Å². The summed E-state index contributed by atoms with van der Waals surface area (Å²) in [5.74, 6) is 0.467. The summed E-state index contributed by atoms with van der Waals surface area (Å²) in [5, 5.41) is 0. The van der Waals surface area contributed by atoms with Crippen LogP contribution in [0.1, 0.15) is 5.56 Å². The van der Waals surface area contributed by atoms with E-state index in [1.165, 1.54) is 0 Å². The van der Waals surface area contributed by atoms with E-state index in [0.29, 0.717) is 5.88 Å². The van der Waals surface area contributed by atoms with Crippen LogP contribution in [0.25, 0.3) is 0 Å². The maximum Gasteiger partial charge on any atom is 0.111 e. The van der Waals surface area contributed by atoms with Crippen molar-refractivity contribution in [1.29, 1.82) is 0 Å². The van der Waals surface area contributed by atoms with Crippen molar-refractivity contribution in [3.63, 3.8) is 0 Å². The van der Waals surface area contributed by atoms with Crippen LogP contribution in [0, 0.1) is 0 Å². The molecular weight excluding hydrogens is 281 g/mol. The number of pyridine rings is 1. The molecule has 54 valence electrons. The molecule has 0 radical (unpaired) electrons. The number of rotatable bonds is 1. The van der Waals surface area contributed by atoms with Gasteiger partial charge in [0.15, 0.2) is 0 Å². The van der Waals surface area contributed by atoms with E-state index in [0.717, 1.165) is 14.6 Å². The van der Waals surface area contributed by atoms with Crippen molar-refractivity contribution in [3.8, 4) is 0 Å². The van der Waals surface area contributed by atoms with Gasteiger partial charge in [-0.3, -0.25) is 0 Å². The molecule has 0 aromatic carbocycles. The first-order valence-electron chi connectivity index (χ1n) is 2.60. The molecule has 4 heteroatoms. The molecular formula is C6H4Br2ClN. The van der Waals surface area contributed by atoms with E-state index in [-0.39, 0.29) is 0 Å². The third-order valence-corrected chi connectivity index (χ3v) is 2.77. The van der Waals surface area contributed by atoms with Gasteiger partial charge in [0, 0.05) is 16.2 Å². The number of nitrogens with zero attached hydrogens (tertiary/aromatic N) is 1. The zero-order valence-electron chi connectivity index (χ0n) is 4.94. The van der Waals surface area contributed by atoms with Crippen LogP contribution >= 0.6 is 43.5 Å². The Morgan fingerprint density at radius 2 is 2.20 bits per heavy atom.